The summed E-state index contributed by atoms with van der Waals surface area (Å²) < 4.78 is 12.6. The molecular formula is C20H34O3Si. The molecule has 0 saturated heterocycles. The fourth-order valence-corrected chi connectivity index (χ4v) is 5.91. The van der Waals surface area contributed by atoms with Crippen LogP contribution in [0.2, 0.25) is 18.1 Å². The van der Waals surface area contributed by atoms with Crippen molar-refractivity contribution in [3.05, 3.63) is 35.9 Å². The molecule has 136 valence electrons. The molecule has 1 aromatic carbocycles. The molecule has 0 bridgehead atoms. The van der Waals surface area contributed by atoms with E-state index in [4.69, 9.17) is 9.16 Å². The fraction of sp³-hybridized carbons (Fsp3) is 0.650. The van der Waals surface area contributed by atoms with Gasteiger partial charge in [-0.3, -0.25) is 0 Å². The zero-order chi connectivity index (χ0) is 18.0. The van der Waals surface area contributed by atoms with E-state index in [0.29, 0.717) is 12.5 Å². The number of hydrogen-bond acceptors (Lipinski definition) is 3. The van der Waals surface area contributed by atoms with Gasteiger partial charge in [-0.1, -0.05) is 65.0 Å². The van der Waals surface area contributed by atoms with Crippen molar-refractivity contribution in [3.8, 4) is 0 Å². The van der Waals surface area contributed by atoms with Crippen LogP contribution in [0.1, 0.15) is 46.6 Å². The molecule has 0 spiro atoms. The van der Waals surface area contributed by atoms with Gasteiger partial charge < -0.3 is 14.0 Å². The molecule has 2 atom stereocenters. The van der Waals surface area contributed by atoms with E-state index < -0.39 is 14.4 Å². The summed E-state index contributed by atoms with van der Waals surface area (Å²) in [4.78, 5) is 11.7. The Balaban J connectivity index is 2.84. The van der Waals surface area contributed by atoms with Crippen LogP contribution in [0.4, 0.5) is 0 Å². The summed E-state index contributed by atoms with van der Waals surface area (Å²) in [5.74, 6) is 0.468. The summed E-state index contributed by atoms with van der Waals surface area (Å²) in [6.07, 6.45) is 1.14. The van der Waals surface area contributed by atoms with Gasteiger partial charge in [0.2, 0.25) is 0 Å². The predicted octanol–water partition coefficient (Wildman–Crippen LogP) is 5.21. The van der Waals surface area contributed by atoms with Crippen molar-refractivity contribution >= 4 is 14.6 Å². The molecule has 0 aliphatic rings. The van der Waals surface area contributed by atoms with Crippen LogP contribution in [0.3, 0.4) is 0 Å². The molecule has 24 heavy (non-hydrogen) atoms. The summed E-state index contributed by atoms with van der Waals surface area (Å²) in [5, 5.41) is 0. The van der Waals surface area contributed by atoms with Gasteiger partial charge in [0.1, 0.15) is 6.10 Å². The maximum Gasteiger partial charge on any atom is 0.192 e. The molecule has 0 radical (unpaired) electrons. The average molecular weight is 351 g/mol. The minimum Gasteiger partial charge on any atom is -0.411 e. The molecule has 0 unspecified atom stereocenters. The van der Waals surface area contributed by atoms with Gasteiger partial charge in [0.15, 0.2) is 14.6 Å². The second-order valence-electron chi connectivity index (χ2n) is 6.93. The van der Waals surface area contributed by atoms with Crippen molar-refractivity contribution in [2.24, 2.45) is 5.92 Å². The number of benzene rings is 1. The first-order chi connectivity index (χ1) is 11.5. The van der Waals surface area contributed by atoms with Crippen LogP contribution in [0.25, 0.3) is 0 Å². The molecule has 1 rings (SSSR count). The van der Waals surface area contributed by atoms with E-state index in [1.807, 2.05) is 30.3 Å². The molecule has 0 amide bonds. The first-order valence-electron chi connectivity index (χ1n) is 9.28. The van der Waals surface area contributed by atoms with E-state index in [9.17, 15) is 4.79 Å². The van der Waals surface area contributed by atoms with Crippen molar-refractivity contribution in [2.75, 3.05) is 0 Å². The van der Waals surface area contributed by atoms with Gasteiger partial charge in [-0.05, 0) is 36.0 Å². The summed E-state index contributed by atoms with van der Waals surface area (Å²) in [6, 6.07) is 13.2. The third-order valence-corrected chi connectivity index (χ3v) is 9.49. The number of carbonyl (C=O) groups is 1. The van der Waals surface area contributed by atoms with Gasteiger partial charge in [-0.2, -0.15) is 0 Å². The summed E-state index contributed by atoms with van der Waals surface area (Å²) in [7, 11) is -1.77. The third-order valence-electron chi connectivity index (χ3n) is 4.82. The lowest BCUT2D eigenvalue weighted by Crippen LogP contribution is -2.46. The highest BCUT2D eigenvalue weighted by Gasteiger charge is 2.35. The lowest BCUT2D eigenvalue weighted by molar-refractivity contribution is -0.126. The van der Waals surface area contributed by atoms with Gasteiger partial charge in [0, 0.05) is 0 Å². The molecule has 0 fully saturated rings. The van der Waals surface area contributed by atoms with Crippen LogP contribution < -0.4 is 0 Å². The SMILES string of the molecule is CC[Si](CC)(CC)O[C@H](CC(C)C)[C@@H](C=O)OCc1ccccc1. The molecule has 4 heteroatoms. The van der Waals surface area contributed by atoms with E-state index in [1.54, 1.807) is 0 Å². The molecule has 0 aromatic heterocycles. The van der Waals surface area contributed by atoms with Gasteiger partial charge in [0.25, 0.3) is 0 Å². The Morgan fingerprint density at radius 3 is 2.08 bits per heavy atom. The Morgan fingerprint density at radius 2 is 1.62 bits per heavy atom. The highest BCUT2D eigenvalue weighted by Crippen LogP contribution is 2.27. The summed E-state index contributed by atoms with van der Waals surface area (Å²) >= 11 is 0. The average Bonchev–Trinajstić information content (AvgIpc) is 2.60. The first kappa shape index (κ1) is 21.1. The summed E-state index contributed by atoms with van der Waals surface area (Å²) in [6.45, 7) is 11.4. The second kappa shape index (κ2) is 10.8. The Bertz CT molecular complexity index is 449. The number of carbonyl (C=O) groups excluding carboxylic acids is 1. The van der Waals surface area contributed by atoms with E-state index in [0.717, 1.165) is 36.4 Å². The van der Waals surface area contributed by atoms with Crippen LogP contribution in [0.5, 0.6) is 0 Å². The molecular weight excluding hydrogens is 316 g/mol. The van der Waals surface area contributed by atoms with E-state index >= 15 is 0 Å². The monoisotopic (exact) mass is 350 g/mol. The summed E-state index contributed by atoms with van der Waals surface area (Å²) in [5.41, 5.74) is 1.08. The number of ether oxygens (including phenoxy) is 1. The Kier molecular flexibility index (Phi) is 9.48. The van der Waals surface area contributed by atoms with Crippen molar-refractivity contribution in [1.82, 2.24) is 0 Å². The molecule has 1 aromatic rings. The maximum atomic E-state index is 11.7. The van der Waals surface area contributed by atoms with Crippen molar-refractivity contribution < 1.29 is 14.0 Å². The molecule has 0 aliphatic carbocycles. The van der Waals surface area contributed by atoms with Crippen LogP contribution >= 0.6 is 0 Å². The van der Waals surface area contributed by atoms with Crippen molar-refractivity contribution in [1.29, 1.82) is 0 Å². The Morgan fingerprint density at radius 1 is 1.04 bits per heavy atom. The predicted molar refractivity (Wildman–Crippen MR) is 103 cm³/mol. The lowest BCUT2D eigenvalue weighted by atomic mass is 10.0. The standard InChI is InChI=1S/C20H34O3Si/c1-6-24(7-2,8-3)23-19(14-17(4)5)20(15-21)22-16-18-12-10-9-11-13-18/h9-13,15,17,19-20H,6-8,14,16H2,1-5H3/t19-,20-/m1/s1. The number of hydrogen-bond donors (Lipinski definition) is 0. The largest absolute Gasteiger partial charge is 0.411 e. The maximum absolute atomic E-state index is 11.7. The van der Waals surface area contributed by atoms with Gasteiger partial charge in [-0.15, -0.1) is 0 Å². The zero-order valence-corrected chi connectivity index (χ0v) is 17.0. The van der Waals surface area contributed by atoms with Crippen LogP contribution in [0.15, 0.2) is 30.3 Å². The normalized spacial score (nSPS) is 14.6. The minimum absolute atomic E-state index is 0.141. The number of aldehydes is 1. The minimum atomic E-state index is -1.77. The van der Waals surface area contributed by atoms with E-state index in [1.165, 1.54) is 0 Å². The fourth-order valence-electron chi connectivity index (χ4n) is 3.04. The van der Waals surface area contributed by atoms with Gasteiger partial charge >= 0.3 is 0 Å². The van der Waals surface area contributed by atoms with E-state index in [2.05, 4.69) is 34.6 Å². The second-order valence-corrected chi connectivity index (χ2v) is 11.6. The van der Waals surface area contributed by atoms with Gasteiger partial charge in [-0.25, -0.2) is 0 Å². The highest BCUT2D eigenvalue weighted by atomic mass is 28.4. The zero-order valence-electron chi connectivity index (χ0n) is 16.0. The molecule has 0 saturated carbocycles. The quantitative estimate of drug-likeness (QED) is 0.383. The molecule has 0 heterocycles. The molecule has 0 N–H and O–H groups in total. The third kappa shape index (κ3) is 6.50. The molecule has 0 aliphatic heterocycles. The topological polar surface area (TPSA) is 35.5 Å². The smallest absolute Gasteiger partial charge is 0.192 e. The van der Waals surface area contributed by atoms with E-state index in [-0.39, 0.29) is 6.10 Å². The van der Waals surface area contributed by atoms with Crippen molar-refractivity contribution in [2.45, 2.75) is 78.0 Å². The molecule has 3 nitrogen and oxygen atoms in total. The van der Waals surface area contributed by atoms with Gasteiger partial charge in [0.05, 0.1) is 12.7 Å². The van der Waals surface area contributed by atoms with Crippen LogP contribution in [-0.4, -0.2) is 26.8 Å². The van der Waals surface area contributed by atoms with Crippen molar-refractivity contribution in [3.63, 3.8) is 0 Å². The van der Waals surface area contributed by atoms with Crippen LogP contribution in [-0.2, 0) is 20.6 Å². The first-order valence-corrected chi connectivity index (χ1v) is 11.8. The lowest BCUT2D eigenvalue weighted by Gasteiger charge is -2.36. The Hall–Kier alpha value is -0.973. The number of rotatable bonds is 12. The van der Waals surface area contributed by atoms with Crippen LogP contribution in [0, 0.1) is 5.92 Å². The highest BCUT2D eigenvalue weighted by molar-refractivity contribution is 6.73. The Labute approximate surface area is 148 Å².